The lowest BCUT2D eigenvalue weighted by Gasteiger charge is -2.23. The minimum absolute atomic E-state index is 0.578. The summed E-state index contributed by atoms with van der Waals surface area (Å²) in [7, 11) is 0. The van der Waals surface area contributed by atoms with Gasteiger partial charge in [0.25, 0.3) is 0 Å². The average Bonchev–Trinajstić information content (AvgIpc) is 2.41. The molecule has 0 radical (unpaired) electrons. The van der Waals surface area contributed by atoms with Crippen molar-refractivity contribution in [1.82, 2.24) is 5.32 Å². The zero-order valence-electron chi connectivity index (χ0n) is 10.9. The molecule has 1 aliphatic rings. The fourth-order valence-corrected chi connectivity index (χ4v) is 2.34. The monoisotopic (exact) mass is 244 g/mol. The average molecular weight is 244 g/mol. The zero-order valence-corrected chi connectivity index (χ0v) is 10.9. The van der Waals surface area contributed by atoms with Gasteiger partial charge in [-0.25, -0.2) is 0 Å². The fourth-order valence-electron chi connectivity index (χ4n) is 2.34. The summed E-state index contributed by atoms with van der Waals surface area (Å²) >= 11 is 0. The molecule has 1 aliphatic heterocycles. The van der Waals surface area contributed by atoms with Crippen LogP contribution in [0.1, 0.15) is 36.8 Å². The van der Waals surface area contributed by atoms with Gasteiger partial charge in [0, 0.05) is 6.04 Å². The molecule has 1 aromatic carbocycles. The number of nitriles is 1. The number of rotatable bonds is 4. The van der Waals surface area contributed by atoms with Crippen LogP contribution in [0.2, 0.25) is 0 Å². The second kappa shape index (κ2) is 6.42. The van der Waals surface area contributed by atoms with Crippen molar-refractivity contribution in [2.45, 2.75) is 38.6 Å². The Morgan fingerprint density at radius 1 is 1.44 bits per heavy atom. The normalized spacial score (nSPS) is 19.2. The molecular formula is C15H20N2O. The molecule has 3 nitrogen and oxygen atoms in total. The fraction of sp³-hybridized carbons (Fsp3) is 0.533. The first-order valence-corrected chi connectivity index (χ1v) is 6.66. The molecule has 1 heterocycles. The molecule has 1 N–H and O–H groups in total. The van der Waals surface area contributed by atoms with E-state index in [-0.39, 0.29) is 0 Å². The van der Waals surface area contributed by atoms with Crippen molar-refractivity contribution in [3.05, 3.63) is 29.3 Å². The molecule has 1 fully saturated rings. The Bertz CT molecular complexity index is 431. The van der Waals surface area contributed by atoms with Gasteiger partial charge in [-0.1, -0.05) is 12.5 Å². The third kappa shape index (κ3) is 3.48. The van der Waals surface area contributed by atoms with Crippen LogP contribution in [0.5, 0.6) is 5.75 Å². The van der Waals surface area contributed by atoms with Gasteiger partial charge in [0.2, 0.25) is 0 Å². The van der Waals surface area contributed by atoms with Crippen LogP contribution in [0.3, 0.4) is 0 Å². The molecule has 2 rings (SSSR count). The van der Waals surface area contributed by atoms with Gasteiger partial charge in [0.15, 0.2) is 0 Å². The van der Waals surface area contributed by atoms with Crippen molar-refractivity contribution in [2.75, 3.05) is 13.2 Å². The van der Waals surface area contributed by atoms with Crippen LogP contribution in [-0.4, -0.2) is 19.2 Å². The number of hydrogen-bond donors (Lipinski definition) is 1. The zero-order chi connectivity index (χ0) is 12.8. The van der Waals surface area contributed by atoms with E-state index in [1.54, 1.807) is 0 Å². The van der Waals surface area contributed by atoms with Gasteiger partial charge in [-0.3, -0.25) is 0 Å². The van der Waals surface area contributed by atoms with Crippen molar-refractivity contribution >= 4 is 0 Å². The molecule has 0 aliphatic carbocycles. The van der Waals surface area contributed by atoms with Crippen molar-refractivity contribution in [3.8, 4) is 11.8 Å². The molecule has 0 saturated carbocycles. The first-order valence-electron chi connectivity index (χ1n) is 6.66. The number of aryl methyl sites for hydroxylation is 1. The van der Waals surface area contributed by atoms with E-state index in [1.165, 1.54) is 19.3 Å². The lowest BCUT2D eigenvalue weighted by atomic mass is 10.0. The molecule has 1 unspecified atom stereocenters. The molecule has 0 aromatic heterocycles. The van der Waals surface area contributed by atoms with Gasteiger partial charge in [-0.05, 0) is 50.4 Å². The smallest absolute Gasteiger partial charge is 0.137 e. The molecule has 0 spiro atoms. The summed E-state index contributed by atoms with van der Waals surface area (Å²) in [5.41, 5.74) is 1.72. The third-order valence-electron chi connectivity index (χ3n) is 3.39. The lowest BCUT2D eigenvalue weighted by Crippen LogP contribution is -2.35. The number of nitrogens with zero attached hydrogens (tertiary/aromatic N) is 1. The van der Waals surface area contributed by atoms with Crippen LogP contribution in [0.25, 0.3) is 0 Å². The van der Waals surface area contributed by atoms with Crippen LogP contribution < -0.4 is 10.1 Å². The predicted octanol–water partition coefficient (Wildman–Crippen LogP) is 2.78. The molecule has 0 bridgehead atoms. The highest BCUT2D eigenvalue weighted by Gasteiger charge is 2.12. The second-order valence-electron chi connectivity index (χ2n) is 4.90. The summed E-state index contributed by atoms with van der Waals surface area (Å²) < 4.78 is 5.72. The molecule has 3 heteroatoms. The SMILES string of the molecule is Cc1ccc(OCCC2CCCCN2)c(C#N)c1. The highest BCUT2D eigenvalue weighted by atomic mass is 16.5. The van der Waals surface area contributed by atoms with Crippen molar-refractivity contribution in [1.29, 1.82) is 5.26 Å². The van der Waals surface area contributed by atoms with Crippen molar-refractivity contribution in [2.24, 2.45) is 0 Å². The van der Waals surface area contributed by atoms with E-state index in [0.717, 1.165) is 18.5 Å². The van der Waals surface area contributed by atoms with E-state index >= 15 is 0 Å². The maximum atomic E-state index is 9.05. The summed E-state index contributed by atoms with van der Waals surface area (Å²) in [4.78, 5) is 0. The molecule has 1 saturated heterocycles. The van der Waals surface area contributed by atoms with Gasteiger partial charge in [-0.2, -0.15) is 5.26 Å². The van der Waals surface area contributed by atoms with E-state index in [0.29, 0.717) is 24.0 Å². The standard InChI is InChI=1S/C15H20N2O/c1-12-5-6-15(13(10-12)11-16)18-9-7-14-4-2-3-8-17-14/h5-6,10,14,17H,2-4,7-9H2,1H3. The molecule has 96 valence electrons. The first-order chi connectivity index (χ1) is 8.79. The summed E-state index contributed by atoms with van der Waals surface area (Å²) in [5.74, 6) is 0.707. The number of benzene rings is 1. The molecule has 0 amide bonds. The maximum Gasteiger partial charge on any atom is 0.137 e. The summed E-state index contributed by atoms with van der Waals surface area (Å²) in [6.45, 7) is 3.78. The Morgan fingerprint density at radius 3 is 3.06 bits per heavy atom. The highest BCUT2D eigenvalue weighted by molar-refractivity contribution is 5.45. The molecule has 1 atom stereocenters. The largest absolute Gasteiger partial charge is 0.492 e. The van der Waals surface area contributed by atoms with Crippen LogP contribution in [-0.2, 0) is 0 Å². The lowest BCUT2D eigenvalue weighted by molar-refractivity contribution is 0.267. The topological polar surface area (TPSA) is 45.0 Å². The van der Waals surface area contributed by atoms with Crippen molar-refractivity contribution < 1.29 is 4.74 Å². The minimum atomic E-state index is 0.578. The van der Waals surface area contributed by atoms with Crippen molar-refractivity contribution in [3.63, 3.8) is 0 Å². The first kappa shape index (κ1) is 12.9. The van der Waals surface area contributed by atoms with E-state index in [1.807, 2.05) is 25.1 Å². The van der Waals surface area contributed by atoms with E-state index in [4.69, 9.17) is 10.00 Å². The minimum Gasteiger partial charge on any atom is -0.492 e. The van der Waals surface area contributed by atoms with Gasteiger partial charge < -0.3 is 10.1 Å². The number of ether oxygens (including phenoxy) is 1. The van der Waals surface area contributed by atoms with Crippen LogP contribution >= 0.6 is 0 Å². The quantitative estimate of drug-likeness (QED) is 0.885. The van der Waals surface area contributed by atoms with Crippen LogP contribution in [0.4, 0.5) is 0 Å². The number of piperidine rings is 1. The van der Waals surface area contributed by atoms with Gasteiger partial charge in [0.1, 0.15) is 11.8 Å². The Morgan fingerprint density at radius 2 is 2.33 bits per heavy atom. The molecule has 18 heavy (non-hydrogen) atoms. The van der Waals surface area contributed by atoms with Crippen LogP contribution in [0.15, 0.2) is 18.2 Å². The Kier molecular flexibility index (Phi) is 4.60. The third-order valence-corrected chi connectivity index (χ3v) is 3.39. The van der Waals surface area contributed by atoms with Crippen LogP contribution in [0, 0.1) is 18.3 Å². The number of nitrogens with one attached hydrogen (secondary N) is 1. The molecular weight excluding hydrogens is 224 g/mol. The van der Waals surface area contributed by atoms with Gasteiger partial charge >= 0.3 is 0 Å². The number of hydrogen-bond acceptors (Lipinski definition) is 3. The van der Waals surface area contributed by atoms with E-state index in [9.17, 15) is 0 Å². The molecule has 1 aromatic rings. The Hall–Kier alpha value is -1.53. The Labute approximate surface area is 109 Å². The summed E-state index contributed by atoms with van der Waals surface area (Å²) in [5, 5.41) is 12.5. The van der Waals surface area contributed by atoms with Gasteiger partial charge in [0.05, 0.1) is 12.2 Å². The maximum absolute atomic E-state index is 9.05. The Balaban J connectivity index is 1.84. The van der Waals surface area contributed by atoms with E-state index < -0.39 is 0 Å². The summed E-state index contributed by atoms with van der Waals surface area (Å²) in [6.07, 6.45) is 4.85. The predicted molar refractivity (Wildman–Crippen MR) is 71.6 cm³/mol. The second-order valence-corrected chi connectivity index (χ2v) is 4.90. The van der Waals surface area contributed by atoms with Gasteiger partial charge in [-0.15, -0.1) is 0 Å². The van der Waals surface area contributed by atoms with E-state index in [2.05, 4.69) is 11.4 Å². The highest BCUT2D eigenvalue weighted by Crippen LogP contribution is 2.19. The summed E-state index contributed by atoms with van der Waals surface area (Å²) in [6, 6.07) is 8.50.